The largest absolute Gasteiger partial charge is 0.394 e. The molecule has 0 saturated heterocycles. The maximum atomic E-state index is 12.1. The van der Waals surface area contributed by atoms with Crippen molar-refractivity contribution >= 4 is 15.5 Å². The van der Waals surface area contributed by atoms with Crippen molar-refractivity contribution in [3.05, 3.63) is 23.3 Å². The van der Waals surface area contributed by atoms with E-state index in [0.29, 0.717) is 10.6 Å². The van der Waals surface area contributed by atoms with Gasteiger partial charge in [0.25, 0.3) is 0 Å². The highest BCUT2D eigenvalue weighted by Crippen LogP contribution is 2.34. The van der Waals surface area contributed by atoms with Crippen molar-refractivity contribution in [2.75, 3.05) is 24.3 Å². The first kappa shape index (κ1) is 12.4. The minimum atomic E-state index is -3.28. The number of aliphatic hydroxyl groups is 1. The number of hydrogen-bond donors (Lipinski definition) is 1. The highest BCUT2D eigenvalue weighted by molar-refractivity contribution is 7.91. The minimum Gasteiger partial charge on any atom is -0.394 e. The molecule has 1 aliphatic heterocycles. The Labute approximate surface area is 102 Å². The SMILES string of the molecule is Cc1cc2c(cc1C)S(=O)(=O)CC(CO)N2C. The van der Waals surface area contributed by atoms with E-state index in [1.165, 1.54) is 0 Å². The summed E-state index contributed by atoms with van der Waals surface area (Å²) in [6, 6.07) is 3.25. The Bertz CT molecular complexity index is 551. The molecule has 1 aromatic rings. The van der Waals surface area contributed by atoms with Crippen molar-refractivity contribution in [2.24, 2.45) is 0 Å². The van der Waals surface area contributed by atoms with E-state index in [4.69, 9.17) is 0 Å². The molecular weight excluding hydrogens is 238 g/mol. The summed E-state index contributed by atoms with van der Waals surface area (Å²) in [6.07, 6.45) is 0. The van der Waals surface area contributed by atoms with Crippen LogP contribution in [0.2, 0.25) is 0 Å². The van der Waals surface area contributed by atoms with E-state index < -0.39 is 9.84 Å². The number of likely N-dealkylation sites (N-methyl/N-ethyl adjacent to an activating group) is 1. The molecule has 1 N–H and O–H groups in total. The van der Waals surface area contributed by atoms with E-state index in [-0.39, 0.29) is 18.4 Å². The highest BCUT2D eigenvalue weighted by Gasteiger charge is 2.33. The molecule has 1 heterocycles. The third-order valence-corrected chi connectivity index (χ3v) is 5.28. The van der Waals surface area contributed by atoms with Crippen LogP contribution in [-0.2, 0) is 9.84 Å². The zero-order chi connectivity index (χ0) is 12.8. The molecule has 0 fully saturated rings. The van der Waals surface area contributed by atoms with Crippen molar-refractivity contribution in [2.45, 2.75) is 24.8 Å². The van der Waals surface area contributed by atoms with Crippen molar-refractivity contribution < 1.29 is 13.5 Å². The average molecular weight is 255 g/mol. The standard InChI is InChI=1S/C12H17NO3S/c1-8-4-11-12(5-9(8)2)17(15,16)7-10(6-14)13(11)3/h4-5,10,14H,6-7H2,1-3H3. The highest BCUT2D eigenvalue weighted by atomic mass is 32.2. The molecular formula is C12H17NO3S. The molecule has 0 aromatic heterocycles. The summed E-state index contributed by atoms with van der Waals surface area (Å²) in [5.41, 5.74) is 2.73. The van der Waals surface area contributed by atoms with Gasteiger partial charge < -0.3 is 10.0 Å². The Balaban J connectivity index is 2.68. The van der Waals surface area contributed by atoms with Crippen LogP contribution in [0.25, 0.3) is 0 Å². The van der Waals surface area contributed by atoms with Gasteiger partial charge >= 0.3 is 0 Å². The first-order chi connectivity index (χ1) is 7.86. The van der Waals surface area contributed by atoms with Gasteiger partial charge in [0.1, 0.15) is 0 Å². The Kier molecular flexibility index (Phi) is 2.91. The lowest BCUT2D eigenvalue weighted by molar-refractivity contribution is 0.269. The van der Waals surface area contributed by atoms with E-state index in [1.807, 2.05) is 31.9 Å². The maximum absolute atomic E-state index is 12.1. The molecule has 0 spiro atoms. The van der Waals surface area contributed by atoms with Crippen LogP contribution in [-0.4, -0.2) is 39.0 Å². The van der Waals surface area contributed by atoms with Crippen LogP contribution in [0.4, 0.5) is 5.69 Å². The molecule has 0 aliphatic carbocycles. The number of nitrogens with zero attached hydrogens (tertiary/aromatic N) is 1. The molecule has 4 nitrogen and oxygen atoms in total. The number of hydrogen-bond acceptors (Lipinski definition) is 4. The van der Waals surface area contributed by atoms with E-state index in [2.05, 4.69) is 0 Å². The fraction of sp³-hybridized carbons (Fsp3) is 0.500. The van der Waals surface area contributed by atoms with E-state index in [9.17, 15) is 13.5 Å². The monoisotopic (exact) mass is 255 g/mol. The summed E-state index contributed by atoms with van der Waals surface area (Å²) in [4.78, 5) is 2.23. The van der Waals surface area contributed by atoms with Crippen LogP contribution in [0.1, 0.15) is 11.1 Å². The molecule has 1 aliphatic rings. The first-order valence-corrected chi connectivity index (χ1v) is 7.19. The van der Waals surface area contributed by atoms with Crippen molar-refractivity contribution in [3.8, 4) is 0 Å². The number of sulfone groups is 1. The van der Waals surface area contributed by atoms with Gasteiger partial charge in [-0.15, -0.1) is 0 Å². The molecule has 94 valence electrons. The summed E-state index contributed by atoms with van der Waals surface area (Å²) in [6.45, 7) is 3.71. The second-order valence-electron chi connectivity index (χ2n) is 4.63. The van der Waals surface area contributed by atoms with Gasteiger partial charge in [-0.25, -0.2) is 8.42 Å². The summed E-state index contributed by atoms with van der Waals surface area (Å²) >= 11 is 0. The lowest BCUT2D eigenvalue weighted by Crippen LogP contribution is -2.44. The number of benzene rings is 1. The van der Waals surface area contributed by atoms with E-state index >= 15 is 0 Å². The molecule has 17 heavy (non-hydrogen) atoms. The first-order valence-electron chi connectivity index (χ1n) is 5.54. The van der Waals surface area contributed by atoms with Crippen molar-refractivity contribution in [3.63, 3.8) is 0 Å². The number of aliphatic hydroxyl groups excluding tert-OH is 1. The fourth-order valence-electron chi connectivity index (χ4n) is 2.13. The second kappa shape index (κ2) is 3.99. The number of rotatable bonds is 1. The Morgan fingerprint density at radius 2 is 1.94 bits per heavy atom. The lowest BCUT2D eigenvalue weighted by atomic mass is 10.1. The van der Waals surface area contributed by atoms with Crippen molar-refractivity contribution in [1.82, 2.24) is 0 Å². The Hall–Kier alpha value is -1.07. The zero-order valence-corrected chi connectivity index (χ0v) is 11.1. The third-order valence-electron chi connectivity index (χ3n) is 3.46. The van der Waals surface area contributed by atoms with E-state index in [0.717, 1.165) is 11.1 Å². The van der Waals surface area contributed by atoms with Gasteiger partial charge in [-0.1, -0.05) is 0 Å². The zero-order valence-electron chi connectivity index (χ0n) is 10.3. The second-order valence-corrected chi connectivity index (χ2v) is 6.64. The number of fused-ring (bicyclic) bond motifs is 1. The average Bonchev–Trinajstić information content (AvgIpc) is 2.26. The molecule has 5 heteroatoms. The van der Waals surface area contributed by atoms with Gasteiger partial charge in [0.15, 0.2) is 9.84 Å². The summed E-state index contributed by atoms with van der Waals surface area (Å²) in [7, 11) is -1.45. The van der Waals surface area contributed by atoms with Gasteiger partial charge in [0, 0.05) is 7.05 Å². The topological polar surface area (TPSA) is 57.6 Å². The normalized spacial score (nSPS) is 22.4. The van der Waals surface area contributed by atoms with Crippen LogP contribution in [0, 0.1) is 13.8 Å². The Morgan fingerprint density at radius 1 is 1.35 bits per heavy atom. The summed E-state index contributed by atoms with van der Waals surface area (Å²) in [5.74, 6) is -0.0184. The fourth-order valence-corrected chi connectivity index (χ4v) is 4.02. The number of anilines is 1. The number of aryl methyl sites for hydroxylation is 2. The van der Waals surface area contributed by atoms with Crippen LogP contribution >= 0.6 is 0 Å². The molecule has 1 aromatic carbocycles. The van der Waals surface area contributed by atoms with Gasteiger partial charge in [-0.2, -0.15) is 0 Å². The van der Waals surface area contributed by atoms with Gasteiger partial charge in [0.2, 0.25) is 0 Å². The molecule has 1 unspecified atom stereocenters. The molecule has 0 saturated carbocycles. The van der Waals surface area contributed by atoms with Crippen LogP contribution < -0.4 is 4.90 Å². The smallest absolute Gasteiger partial charge is 0.182 e. The lowest BCUT2D eigenvalue weighted by Gasteiger charge is -2.35. The van der Waals surface area contributed by atoms with Crippen LogP contribution in [0.15, 0.2) is 17.0 Å². The van der Waals surface area contributed by atoms with Gasteiger partial charge in [0.05, 0.1) is 29.0 Å². The van der Waals surface area contributed by atoms with E-state index in [1.54, 1.807) is 6.07 Å². The van der Waals surface area contributed by atoms with Gasteiger partial charge in [-0.05, 0) is 37.1 Å². The van der Waals surface area contributed by atoms with Crippen LogP contribution in [0.3, 0.4) is 0 Å². The molecule has 0 amide bonds. The quantitative estimate of drug-likeness (QED) is 0.809. The predicted molar refractivity (Wildman–Crippen MR) is 67.2 cm³/mol. The molecule has 0 bridgehead atoms. The Morgan fingerprint density at radius 3 is 2.53 bits per heavy atom. The molecule has 2 rings (SSSR count). The summed E-state index contributed by atoms with van der Waals surface area (Å²) < 4.78 is 24.2. The maximum Gasteiger partial charge on any atom is 0.182 e. The molecule has 1 atom stereocenters. The molecule has 0 radical (unpaired) electrons. The summed E-state index contributed by atoms with van der Waals surface area (Å²) in [5, 5.41) is 9.24. The van der Waals surface area contributed by atoms with Crippen molar-refractivity contribution in [1.29, 1.82) is 0 Å². The van der Waals surface area contributed by atoms with Crippen LogP contribution in [0.5, 0.6) is 0 Å². The minimum absolute atomic E-state index is 0.0184. The predicted octanol–water partition coefficient (Wildman–Crippen LogP) is 0.888. The van der Waals surface area contributed by atoms with Gasteiger partial charge in [-0.3, -0.25) is 0 Å². The third kappa shape index (κ3) is 1.93.